The van der Waals surface area contributed by atoms with E-state index in [1.54, 1.807) is 43.3 Å². The highest BCUT2D eigenvalue weighted by Gasteiger charge is 2.27. The third kappa shape index (κ3) is 7.60. The van der Waals surface area contributed by atoms with Gasteiger partial charge in [0.05, 0.1) is 28.3 Å². The van der Waals surface area contributed by atoms with Crippen molar-refractivity contribution in [1.82, 2.24) is 4.31 Å². The molecule has 0 heterocycles. The van der Waals surface area contributed by atoms with Crippen molar-refractivity contribution in [3.63, 3.8) is 0 Å². The van der Waals surface area contributed by atoms with E-state index >= 15 is 0 Å². The van der Waals surface area contributed by atoms with Gasteiger partial charge in [0, 0.05) is 22.6 Å². The van der Waals surface area contributed by atoms with Crippen molar-refractivity contribution >= 4 is 55.1 Å². The Labute approximate surface area is 255 Å². The smallest absolute Gasteiger partial charge is 0.338 e. The lowest BCUT2D eigenvalue weighted by atomic mass is 10.1. The lowest BCUT2D eigenvalue weighted by Crippen LogP contribution is -2.30. The number of carbonyl (C=O) groups is 2. The van der Waals surface area contributed by atoms with E-state index in [9.17, 15) is 26.8 Å². The summed E-state index contributed by atoms with van der Waals surface area (Å²) in [7, 11) is -4.31. The number of halogens is 4. The highest BCUT2D eigenvalue weighted by Crippen LogP contribution is 2.26. The van der Waals surface area contributed by atoms with Crippen LogP contribution in [0.3, 0.4) is 0 Å². The van der Waals surface area contributed by atoms with Crippen LogP contribution in [0.15, 0.2) is 94.3 Å². The molecule has 1 N–H and O–H groups in total. The zero-order valence-corrected chi connectivity index (χ0v) is 25.3. The molecule has 0 radical (unpaired) electrons. The number of hydrogen-bond acceptors (Lipinski definition) is 5. The molecule has 0 aliphatic carbocycles. The number of benzene rings is 4. The fourth-order valence-electron chi connectivity index (χ4n) is 3.95. The average molecular weight is 678 g/mol. The molecular weight excluding hydrogens is 654 g/mol. The minimum Gasteiger partial charge on any atom is -0.462 e. The molecule has 12 heteroatoms. The highest BCUT2D eigenvalue weighted by molar-refractivity contribution is 9.10. The number of nitrogens with zero attached hydrogens (tertiary/aromatic N) is 1. The number of sulfonamides is 1. The molecule has 0 aliphatic rings. The van der Waals surface area contributed by atoms with Gasteiger partial charge < -0.3 is 10.1 Å². The summed E-state index contributed by atoms with van der Waals surface area (Å²) in [6.07, 6.45) is 0. The molecular formula is C30H24BrClF2N2O5S. The number of esters is 1. The summed E-state index contributed by atoms with van der Waals surface area (Å²) in [6.45, 7) is 1.75. The van der Waals surface area contributed by atoms with E-state index in [0.29, 0.717) is 16.7 Å². The Morgan fingerprint density at radius 3 is 2.10 bits per heavy atom. The van der Waals surface area contributed by atoms with Crippen LogP contribution >= 0.6 is 27.5 Å². The number of rotatable bonds is 10. The van der Waals surface area contributed by atoms with Gasteiger partial charge >= 0.3 is 5.97 Å². The van der Waals surface area contributed by atoms with Gasteiger partial charge in [-0.1, -0.05) is 51.8 Å². The first-order valence-corrected chi connectivity index (χ1v) is 15.2. The second-order valence-electron chi connectivity index (χ2n) is 9.04. The lowest BCUT2D eigenvalue weighted by molar-refractivity contribution is 0.0526. The fraction of sp³-hybridized carbons (Fsp3) is 0.133. The number of carbonyl (C=O) groups excluding carboxylic acids is 2. The van der Waals surface area contributed by atoms with Crippen LogP contribution in [-0.2, 0) is 27.8 Å². The number of hydrogen-bond donors (Lipinski definition) is 1. The Morgan fingerprint density at radius 1 is 0.881 bits per heavy atom. The Kier molecular flexibility index (Phi) is 10.1. The SMILES string of the molecule is CCOC(=O)c1ccc(CN(Cc2ccc(Br)cc2)S(=O)(=O)c2ccc(F)c(C(=O)Nc3ccc(Cl)cc3F)c2)cc1. The maximum absolute atomic E-state index is 14.7. The van der Waals surface area contributed by atoms with Gasteiger partial charge in [0.15, 0.2) is 0 Å². The molecule has 0 saturated carbocycles. The van der Waals surface area contributed by atoms with Crippen LogP contribution in [0.25, 0.3) is 0 Å². The number of amides is 1. The topological polar surface area (TPSA) is 92.8 Å². The van der Waals surface area contributed by atoms with Gasteiger partial charge in [0.25, 0.3) is 5.91 Å². The second-order valence-corrected chi connectivity index (χ2v) is 12.3. The van der Waals surface area contributed by atoms with Gasteiger partial charge in [0.2, 0.25) is 10.0 Å². The molecule has 42 heavy (non-hydrogen) atoms. The Morgan fingerprint density at radius 2 is 1.50 bits per heavy atom. The van der Waals surface area contributed by atoms with Crippen LogP contribution in [0.5, 0.6) is 0 Å². The standard InChI is InChI=1S/C30H24BrClF2N2O5S/c1-2-41-30(38)21-7-3-19(4-8-21)17-36(18-20-5-9-22(31)10-6-20)42(39,40)24-12-13-26(33)25(16-24)29(37)35-28-14-11-23(32)15-27(28)34/h3-16H,2,17-18H2,1H3,(H,35,37). The zero-order valence-electron chi connectivity index (χ0n) is 22.1. The van der Waals surface area contributed by atoms with Crippen LogP contribution in [0.1, 0.15) is 38.8 Å². The summed E-state index contributed by atoms with van der Waals surface area (Å²) in [5.41, 5.74) is 0.715. The van der Waals surface area contributed by atoms with Crippen molar-refractivity contribution in [2.24, 2.45) is 0 Å². The molecule has 0 aromatic heterocycles. The van der Waals surface area contributed by atoms with Crippen LogP contribution in [0.2, 0.25) is 5.02 Å². The minimum absolute atomic E-state index is 0.0515. The first-order valence-electron chi connectivity index (χ1n) is 12.5. The van der Waals surface area contributed by atoms with Gasteiger partial charge in [-0.25, -0.2) is 22.0 Å². The van der Waals surface area contributed by atoms with E-state index in [0.717, 1.165) is 28.7 Å². The molecule has 1 amide bonds. The molecule has 0 spiro atoms. The lowest BCUT2D eigenvalue weighted by Gasteiger charge is -2.23. The number of ether oxygens (including phenoxy) is 1. The van der Waals surface area contributed by atoms with Crippen molar-refractivity contribution in [3.05, 3.63) is 128 Å². The summed E-state index contributed by atoms with van der Waals surface area (Å²) in [5, 5.41) is 2.35. The van der Waals surface area contributed by atoms with E-state index < -0.39 is 39.1 Å². The van der Waals surface area contributed by atoms with Crippen molar-refractivity contribution < 1.29 is 31.5 Å². The van der Waals surface area contributed by atoms with Gasteiger partial charge in [-0.15, -0.1) is 0 Å². The van der Waals surface area contributed by atoms with E-state index in [2.05, 4.69) is 21.2 Å². The Hall–Kier alpha value is -3.64. The summed E-state index contributed by atoms with van der Waals surface area (Å²) < 4.78 is 63.8. The molecule has 0 aliphatic heterocycles. The minimum atomic E-state index is -4.31. The molecule has 4 aromatic carbocycles. The second kappa shape index (κ2) is 13.6. The monoisotopic (exact) mass is 676 g/mol. The largest absolute Gasteiger partial charge is 0.462 e. The third-order valence-corrected chi connectivity index (χ3v) is 8.65. The molecule has 0 atom stereocenters. The van der Waals surface area contributed by atoms with Crippen molar-refractivity contribution in [2.75, 3.05) is 11.9 Å². The zero-order chi connectivity index (χ0) is 30.4. The predicted octanol–water partition coefficient (Wildman–Crippen LogP) is 7.20. The van der Waals surface area contributed by atoms with E-state index in [1.807, 2.05) is 0 Å². The molecule has 0 saturated heterocycles. The highest BCUT2D eigenvalue weighted by atomic mass is 79.9. The first-order chi connectivity index (χ1) is 20.0. The maximum Gasteiger partial charge on any atom is 0.338 e. The van der Waals surface area contributed by atoms with E-state index in [1.165, 1.54) is 28.6 Å². The van der Waals surface area contributed by atoms with Crippen LogP contribution < -0.4 is 5.32 Å². The van der Waals surface area contributed by atoms with Gasteiger partial charge in [-0.3, -0.25) is 4.79 Å². The normalized spacial score (nSPS) is 11.4. The van der Waals surface area contributed by atoms with Gasteiger partial charge in [0.1, 0.15) is 11.6 Å². The van der Waals surface area contributed by atoms with Crippen molar-refractivity contribution in [3.8, 4) is 0 Å². The summed E-state index contributed by atoms with van der Waals surface area (Å²) in [5.74, 6) is -3.37. The number of nitrogens with one attached hydrogen (secondary N) is 1. The molecule has 7 nitrogen and oxygen atoms in total. The molecule has 0 fully saturated rings. The molecule has 4 aromatic rings. The van der Waals surface area contributed by atoms with E-state index in [-0.39, 0.29) is 35.3 Å². The predicted molar refractivity (Wildman–Crippen MR) is 159 cm³/mol. The quantitative estimate of drug-likeness (QED) is 0.179. The third-order valence-electron chi connectivity index (χ3n) is 6.10. The summed E-state index contributed by atoms with van der Waals surface area (Å²) in [6, 6.07) is 19.7. The maximum atomic E-state index is 14.7. The van der Waals surface area contributed by atoms with Crippen LogP contribution in [0.4, 0.5) is 14.5 Å². The van der Waals surface area contributed by atoms with Gasteiger partial charge in [-0.05, 0) is 78.7 Å². The van der Waals surface area contributed by atoms with Gasteiger partial charge in [-0.2, -0.15) is 4.31 Å². The van der Waals surface area contributed by atoms with Crippen LogP contribution in [-0.4, -0.2) is 31.2 Å². The fourth-order valence-corrected chi connectivity index (χ4v) is 5.82. The average Bonchev–Trinajstić information content (AvgIpc) is 2.96. The number of anilines is 1. The van der Waals surface area contributed by atoms with E-state index in [4.69, 9.17) is 16.3 Å². The summed E-state index contributed by atoms with van der Waals surface area (Å²) >= 11 is 9.11. The Balaban J connectivity index is 1.67. The molecule has 0 bridgehead atoms. The molecule has 4 rings (SSSR count). The molecule has 218 valence electrons. The molecule has 0 unspecified atom stereocenters. The Bertz CT molecular complexity index is 1720. The van der Waals surface area contributed by atoms with Crippen LogP contribution in [0, 0.1) is 11.6 Å². The van der Waals surface area contributed by atoms with Crippen molar-refractivity contribution in [1.29, 1.82) is 0 Å². The first kappa shape index (κ1) is 31.3. The van der Waals surface area contributed by atoms with Crippen molar-refractivity contribution in [2.45, 2.75) is 24.9 Å². The summed E-state index contributed by atoms with van der Waals surface area (Å²) in [4.78, 5) is 24.6.